The highest BCUT2D eigenvalue weighted by atomic mass is 16.1. The number of Topliss-reactive ketones (excluding diaryl/α,β-unsaturated/α-hetero) is 2. The van der Waals surface area contributed by atoms with Crippen molar-refractivity contribution in [1.29, 1.82) is 0 Å². The Hall–Kier alpha value is -0.660. The van der Waals surface area contributed by atoms with Crippen LogP contribution in [0, 0.1) is 40.4 Å². The van der Waals surface area contributed by atoms with Crippen LogP contribution in [-0.4, -0.2) is 11.6 Å². The minimum absolute atomic E-state index is 0.0335. The largest absolute Gasteiger partial charge is 0.300 e. The van der Waals surface area contributed by atoms with Gasteiger partial charge in [-0.2, -0.15) is 0 Å². The van der Waals surface area contributed by atoms with E-state index in [0.717, 1.165) is 43.9 Å². The molecule has 0 aromatic heterocycles. The standard InChI is InChI=1S/C20H30O2/c1-12-10-17(22)20(3)9-7-16-15(18(12)20)5-4-13-11-14(21)6-8-19(13,16)2/h12-13,15-16,18H,4-11H2,1-3H3/t12?,13-,15+,16-,18-,19-,20+/m0/s1. The van der Waals surface area contributed by atoms with Gasteiger partial charge in [-0.25, -0.2) is 0 Å². The lowest BCUT2D eigenvalue weighted by Gasteiger charge is -2.59. The van der Waals surface area contributed by atoms with Crippen molar-refractivity contribution in [2.75, 3.05) is 0 Å². The summed E-state index contributed by atoms with van der Waals surface area (Å²) in [5.74, 6) is 4.30. The van der Waals surface area contributed by atoms with Crippen LogP contribution in [0.3, 0.4) is 0 Å². The van der Waals surface area contributed by atoms with Crippen LogP contribution >= 0.6 is 0 Å². The van der Waals surface area contributed by atoms with Crippen molar-refractivity contribution in [2.24, 2.45) is 40.4 Å². The van der Waals surface area contributed by atoms with E-state index >= 15 is 0 Å². The lowest BCUT2D eigenvalue weighted by atomic mass is 9.44. The highest BCUT2D eigenvalue weighted by Gasteiger charge is 2.61. The number of hydrogen-bond donors (Lipinski definition) is 0. The lowest BCUT2D eigenvalue weighted by molar-refractivity contribution is -0.145. The summed E-state index contributed by atoms with van der Waals surface area (Å²) in [5, 5.41) is 0. The SMILES string of the molecule is CC1CC(=O)[C@@]2(C)CC[C@H]3[C@@H](CC[C@H]4CC(=O)CC[C@@]43C)[C@H]12. The van der Waals surface area contributed by atoms with Gasteiger partial charge in [0.05, 0.1) is 0 Å². The molecule has 0 bridgehead atoms. The lowest BCUT2D eigenvalue weighted by Crippen LogP contribution is -2.54. The predicted octanol–water partition coefficient (Wildman–Crippen LogP) is 4.41. The molecule has 22 heavy (non-hydrogen) atoms. The number of ketones is 2. The van der Waals surface area contributed by atoms with Gasteiger partial charge in [0.2, 0.25) is 0 Å². The smallest absolute Gasteiger partial charge is 0.139 e. The van der Waals surface area contributed by atoms with Crippen molar-refractivity contribution >= 4 is 11.6 Å². The van der Waals surface area contributed by atoms with Gasteiger partial charge in [-0.05, 0) is 67.1 Å². The molecule has 0 heterocycles. The molecule has 2 nitrogen and oxygen atoms in total. The average molecular weight is 302 g/mol. The summed E-state index contributed by atoms with van der Waals surface area (Å²) in [7, 11) is 0. The summed E-state index contributed by atoms with van der Waals surface area (Å²) in [6, 6.07) is 0. The second kappa shape index (κ2) is 4.68. The van der Waals surface area contributed by atoms with Crippen LogP contribution in [0.1, 0.15) is 72.1 Å². The van der Waals surface area contributed by atoms with Crippen molar-refractivity contribution in [3.63, 3.8) is 0 Å². The molecule has 4 fully saturated rings. The van der Waals surface area contributed by atoms with Crippen molar-refractivity contribution in [3.05, 3.63) is 0 Å². The number of fused-ring (bicyclic) bond motifs is 5. The van der Waals surface area contributed by atoms with Crippen LogP contribution in [0.2, 0.25) is 0 Å². The molecule has 2 heteroatoms. The maximum atomic E-state index is 12.6. The van der Waals surface area contributed by atoms with Crippen LogP contribution in [0.5, 0.6) is 0 Å². The van der Waals surface area contributed by atoms with E-state index in [0.29, 0.717) is 34.7 Å². The molecule has 0 radical (unpaired) electrons. The average Bonchev–Trinajstić information content (AvgIpc) is 2.70. The zero-order chi connectivity index (χ0) is 15.7. The summed E-state index contributed by atoms with van der Waals surface area (Å²) in [6.07, 6.45) is 8.33. The van der Waals surface area contributed by atoms with Gasteiger partial charge in [0.1, 0.15) is 11.6 Å². The second-order valence-electron chi connectivity index (χ2n) is 9.38. The molecular weight excluding hydrogens is 272 g/mol. The summed E-state index contributed by atoms with van der Waals surface area (Å²) in [5.41, 5.74) is 0.331. The van der Waals surface area contributed by atoms with Crippen molar-refractivity contribution < 1.29 is 9.59 Å². The molecule has 0 saturated heterocycles. The third-order valence-electron chi connectivity index (χ3n) is 8.49. The minimum Gasteiger partial charge on any atom is -0.300 e. The van der Waals surface area contributed by atoms with E-state index in [4.69, 9.17) is 0 Å². The third kappa shape index (κ3) is 1.79. The number of carbonyl (C=O) groups is 2. The van der Waals surface area contributed by atoms with Crippen LogP contribution in [0.25, 0.3) is 0 Å². The predicted molar refractivity (Wildman–Crippen MR) is 86.3 cm³/mol. The van der Waals surface area contributed by atoms with E-state index in [1.165, 1.54) is 19.3 Å². The van der Waals surface area contributed by atoms with Crippen molar-refractivity contribution in [1.82, 2.24) is 0 Å². The molecule has 1 unspecified atom stereocenters. The summed E-state index contributed by atoms with van der Waals surface area (Å²) >= 11 is 0. The second-order valence-corrected chi connectivity index (χ2v) is 9.38. The molecular formula is C20H30O2. The number of hydrogen-bond acceptors (Lipinski definition) is 2. The van der Waals surface area contributed by atoms with Gasteiger partial charge in [0, 0.05) is 24.7 Å². The van der Waals surface area contributed by atoms with Gasteiger partial charge in [-0.1, -0.05) is 20.8 Å². The van der Waals surface area contributed by atoms with E-state index in [-0.39, 0.29) is 5.41 Å². The van der Waals surface area contributed by atoms with Crippen molar-refractivity contribution in [3.8, 4) is 0 Å². The molecule has 7 atom stereocenters. The van der Waals surface area contributed by atoms with Gasteiger partial charge in [-0.3, -0.25) is 9.59 Å². The van der Waals surface area contributed by atoms with Crippen molar-refractivity contribution in [2.45, 2.75) is 72.1 Å². The first-order chi connectivity index (χ1) is 10.4. The molecule has 0 aromatic carbocycles. The van der Waals surface area contributed by atoms with Crippen LogP contribution in [0.4, 0.5) is 0 Å². The fraction of sp³-hybridized carbons (Fsp3) is 0.900. The molecule has 0 aliphatic heterocycles. The van der Waals surface area contributed by atoms with Gasteiger partial charge in [0.15, 0.2) is 0 Å². The van der Waals surface area contributed by atoms with Gasteiger partial charge in [0.25, 0.3) is 0 Å². The Balaban J connectivity index is 1.68. The maximum absolute atomic E-state index is 12.6. The highest BCUT2D eigenvalue weighted by molar-refractivity contribution is 5.87. The Bertz CT molecular complexity index is 524. The molecule has 0 N–H and O–H groups in total. The monoisotopic (exact) mass is 302 g/mol. The molecule has 122 valence electrons. The van der Waals surface area contributed by atoms with E-state index < -0.39 is 0 Å². The van der Waals surface area contributed by atoms with Gasteiger partial charge >= 0.3 is 0 Å². The Morgan fingerprint density at radius 3 is 2.55 bits per heavy atom. The Morgan fingerprint density at radius 2 is 1.77 bits per heavy atom. The Labute approximate surface area is 134 Å². The third-order valence-corrected chi connectivity index (χ3v) is 8.49. The first kappa shape index (κ1) is 14.9. The van der Waals surface area contributed by atoms with E-state index in [2.05, 4.69) is 20.8 Å². The molecule has 0 aromatic rings. The normalized spacial score (nSPS) is 54.6. The number of carbonyl (C=O) groups excluding carboxylic acids is 2. The summed E-state index contributed by atoms with van der Waals surface area (Å²) in [4.78, 5) is 24.5. The topological polar surface area (TPSA) is 34.1 Å². The molecule has 0 amide bonds. The number of rotatable bonds is 0. The quantitative estimate of drug-likeness (QED) is 0.664. The summed E-state index contributed by atoms with van der Waals surface area (Å²) in [6.45, 7) is 7.05. The molecule has 4 aliphatic carbocycles. The summed E-state index contributed by atoms with van der Waals surface area (Å²) < 4.78 is 0. The zero-order valence-electron chi connectivity index (χ0n) is 14.4. The fourth-order valence-corrected chi connectivity index (χ4v) is 7.32. The Kier molecular flexibility index (Phi) is 3.17. The van der Waals surface area contributed by atoms with Crippen LogP contribution in [0.15, 0.2) is 0 Å². The minimum atomic E-state index is -0.0335. The van der Waals surface area contributed by atoms with E-state index in [1.54, 1.807) is 0 Å². The van der Waals surface area contributed by atoms with Gasteiger partial charge < -0.3 is 0 Å². The molecule has 4 saturated carbocycles. The van der Waals surface area contributed by atoms with Crippen LogP contribution < -0.4 is 0 Å². The maximum Gasteiger partial charge on any atom is 0.139 e. The fourth-order valence-electron chi connectivity index (χ4n) is 7.32. The first-order valence-corrected chi connectivity index (χ1v) is 9.41. The highest BCUT2D eigenvalue weighted by Crippen LogP contribution is 2.66. The van der Waals surface area contributed by atoms with Crippen LogP contribution in [-0.2, 0) is 9.59 Å². The van der Waals surface area contributed by atoms with E-state index in [9.17, 15) is 9.59 Å². The molecule has 4 aliphatic rings. The van der Waals surface area contributed by atoms with E-state index in [1.807, 2.05) is 0 Å². The molecule has 4 rings (SSSR count). The molecule has 0 spiro atoms. The van der Waals surface area contributed by atoms with Gasteiger partial charge in [-0.15, -0.1) is 0 Å². The first-order valence-electron chi connectivity index (χ1n) is 9.41. The Morgan fingerprint density at radius 1 is 1.00 bits per heavy atom. The zero-order valence-corrected chi connectivity index (χ0v) is 14.4.